The van der Waals surface area contributed by atoms with Gasteiger partial charge in [0.2, 0.25) is 5.95 Å². The standard InChI is InChI=1S/C20H20N6O3/c1-27-13-5-6-15-14(11-13)19(26-25-15)23-18-8-9-21-20(24-18)22-12-4-7-16(28-2)17(10-12)29-3/h4-11H,1-3H3,(H3,21,22,23,24,25,26). The third-order valence-corrected chi connectivity index (χ3v) is 4.31. The zero-order valence-corrected chi connectivity index (χ0v) is 16.2. The van der Waals surface area contributed by atoms with E-state index in [-0.39, 0.29) is 0 Å². The van der Waals surface area contributed by atoms with Gasteiger partial charge in [0.1, 0.15) is 11.6 Å². The van der Waals surface area contributed by atoms with Gasteiger partial charge < -0.3 is 24.8 Å². The van der Waals surface area contributed by atoms with Gasteiger partial charge in [0, 0.05) is 23.3 Å². The summed E-state index contributed by atoms with van der Waals surface area (Å²) in [5.74, 6) is 3.69. The molecule has 29 heavy (non-hydrogen) atoms. The topological polar surface area (TPSA) is 106 Å². The quantitative estimate of drug-likeness (QED) is 0.435. The molecule has 9 nitrogen and oxygen atoms in total. The number of nitrogens with zero attached hydrogens (tertiary/aromatic N) is 3. The molecular weight excluding hydrogens is 372 g/mol. The molecule has 0 amide bonds. The van der Waals surface area contributed by atoms with Crippen molar-refractivity contribution in [2.24, 2.45) is 0 Å². The van der Waals surface area contributed by atoms with Gasteiger partial charge in [0.05, 0.1) is 26.8 Å². The molecular formula is C20H20N6O3. The Morgan fingerprint density at radius 2 is 1.72 bits per heavy atom. The first kappa shape index (κ1) is 18.4. The van der Waals surface area contributed by atoms with Gasteiger partial charge >= 0.3 is 0 Å². The van der Waals surface area contributed by atoms with E-state index in [1.807, 2.05) is 36.4 Å². The van der Waals surface area contributed by atoms with Gasteiger partial charge in [-0.2, -0.15) is 10.1 Å². The van der Waals surface area contributed by atoms with Crippen molar-refractivity contribution in [1.82, 2.24) is 20.2 Å². The predicted octanol–water partition coefficient (Wildman–Crippen LogP) is 3.87. The van der Waals surface area contributed by atoms with Gasteiger partial charge in [0.25, 0.3) is 0 Å². The van der Waals surface area contributed by atoms with E-state index in [0.717, 1.165) is 22.3 Å². The number of hydrogen-bond acceptors (Lipinski definition) is 8. The Morgan fingerprint density at radius 3 is 2.52 bits per heavy atom. The molecule has 0 aliphatic rings. The van der Waals surface area contributed by atoms with Gasteiger partial charge in [-0.1, -0.05) is 0 Å². The van der Waals surface area contributed by atoms with E-state index >= 15 is 0 Å². The highest BCUT2D eigenvalue weighted by atomic mass is 16.5. The van der Waals surface area contributed by atoms with E-state index in [2.05, 4.69) is 30.8 Å². The van der Waals surface area contributed by atoms with E-state index in [9.17, 15) is 0 Å². The van der Waals surface area contributed by atoms with Crippen LogP contribution in [0.2, 0.25) is 0 Å². The number of aromatic amines is 1. The van der Waals surface area contributed by atoms with Crippen LogP contribution in [0.15, 0.2) is 48.7 Å². The minimum atomic E-state index is 0.430. The first-order chi connectivity index (χ1) is 14.2. The van der Waals surface area contributed by atoms with Gasteiger partial charge in [-0.25, -0.2) is 4.98 Å². The molecule has 0 atom stereocenters. The monoisotopic (exact) mass is 392 g/mol. The van der Waals surface area contributed by atoms with E-state index < -0.39 is 0 Å². The van der Waals surface area contributed by atoms with E-state index in [1.165, 1.54) is 0 Å². The number of nitrogens with one attached hydrogen (secondary N) is 3. The largest absolute Gasteiger partial charge is 0.497 e. The minimum absolute atomic E-state index is 0.430. The van der Waals surface area contributed by atoms with Crippen LogP contribution in [0.25, 0.3) is 10.9 Å². The Labute approximate surface area is 167 Å². The zero-order valence-electron chi connectivity index (χ0n) is 16.2. The fraction of sp³-hybridized carbons (Fsp3) is 0.150. The molecule has 0 bridgehead atoms. The fourth-order valence-corrected chi connectivity index (χ4v) is 2.87. The number of H-pyrrole nitrogens is 1. The Balaban J connectivity index is 1.57. The van der Waals surface area contributed by atoms with Crippen LogP contribution in [0.3, 0.4) is 0 Å². The summed E-state index contributed by atoms with van der Waals surface area (Å²) in [7, 11) is 4.81. The summed E-state index contributed by atoms with van der Waals surface area (Å²) in [6.45, 7) is 0. The average molecular weight is 392 g/mol. The third kappa shape index (κ3) is 3.84. The number of rotatable bonds is 7. The molecule has 2 heterocycles. The molecule has 0 saturated carbocycles. The second-order valence-electron chi connectivity index (χ2n) is 6.07. The lowest BCUT2D eigenvalue weighted by molar-refractivity contribution is 0.355. The van der Waals surface area contributed by atoms with Crippen LogP contribution in [0.1, 0.15) is 0 Å². The first-order valence-electron chi connectivity index (χ1n) is 8.81. The van der Waals surface area contributed by atoms with E-state index in [0.29, 0.717) is 29.1 Å². The van der Waals surface area contributed by atoms with Gasteiger partial charge in [0.15, 0.2) is 17.3 Å². The number of hydrogen-bond donors (Lipinski definition) is 3. The van der Waals surface area contributed by atoms with Gasteiger partial charge in [-0.05, 0) is 36.4 Å². The fourth-order valence-electron chi connectivity index (χ4n) is 2.87. The lowest BCUT2D eigenvalue weighted by Crippen LogP contribution is -2.01. The Hall–Kier alpha value is -4.01. The van der Waals surface area contributed by atoms with Crippen LogP contribution in [-0.2, 0) is 0 Å². The summed E-state index contributed by atoms with van der Waals surface area (Å²) >= 11 is 0. The van der Waals surface area contributed by atoms with Crippen LogP contribution >= 0.6 is 0 Å². The Bertz CT molecular complexity index is 1140. The van der Waals surface area contributed by atoms with Crippen molar-refractivity contribution in [2.45, 2.75) is 0 Å². The molecule has 0 unspecified atom stereocenters. The molecule has 2 aromatic carbocycles. The number of methoxy groups -OCH3 is 3. The number of aromatic nitrogens is 4. The third-order valence-electron chi connectivity index (χ3n) is 4.31. The maximum Gasteiger partial charge on any atom is 0.229 e. The van der Waals surface area contributed by atoms with Gasteiger partial charge in [-0.15, -0.1) is 0 Å². The van der Waals surface area contributed by atoms with Crippen molar-refractivity contribution in [3.05, 3.63) is 48.7 Å². The number of anilines is 4. The molecule has 9 heteroatoms. The molecule has 3 N–H and O–H groups in total. The summed E-state index contributed by atoms with van der Waals surface area (Å²) in [5, 5.41) is 14.6. The number of ether oxygens (including phenoxy) is 3. The molecule has 2 aromatic heterocycles. The minimum Gasteiger partial charge on any atom is -0.497 e. The lowest BCUT2D eigenvalue weighted by Gasteiger charge is -2.11. The van der Waals surface area contributed by atoms with E-state index in [1.54, 1.807) is 33.6 Å². The van der Waals surface area contributed by atoms with Crippen LogP contribution in [-0.4, -0.2) is 41.5 Å². The van der Waals surface area contributed by atoms with Crippen molar-refractivity contribution in [3.8, 4) is 17.2 Å². The SMILES string of the molecule is COc1ccc2[nH]nc(Nc3ccnc(Nc4ccc(OC)c(OC)c4)n3)c2c1. The Morgan fingerprint density at radius 1 is 0.862 bits per heavy atom. The lowest BCUT2D eigenvalue weighted by atomic mass is 10.2. The highest BCUT2D eigenvalue weighted by Crippen LogP contribution is 2.31. The molecule has 0 aliphatic heterocycles. The van der Waals surface area contributed by atoms with Crippen molar-refractivity contribution in [3.63, 3.8) is 0 Å². The smallest absolute Gasteiger partial charge is 0.229 e. The zero-order chi connectivity index (χ0) is 20.2. The van der Waals surface area contributed by atoms with Crippen molar-refractivity contribution in [2.75, 3.05) is 32.0 Å². The summed E-state index contributed by atoms with van der Waals surface area (Å²) in [6, 6.07) is 12.9. The first-order valence-corrected chi connectivity index (χ1v) is 8.81. The molecule has 0 radical (unpaired) electrons. The average Bonchev–Trinajstić information content (AvgIpc) is 3.15. The predicted molar refractivity (Wildman–Crippen MR) is 111 cm³/mol. The van der Waals surface area contributed by atoms with Gasteiger partial charge in [-0.3, -0.25) is 5.10 Å². The summed E-state index contributed by atoms with van der Waals surface area (Å²) in [4.78, 5) is 8.77. The molecule has 4 aromatic rings. The summed E-state index contributed by atoms with van der Waals surface area (Å²) < 4.78 is 15.9. The highest BCUT2D eigenvalue weighted by molar-refractivity contribution is 5.92. The number of fused-ring (bicyclic) bond motifs is 1. The van der Waals surface area contributed by atoms with Crippen molar-refractivity contribution < 1.29 is 14.2 Å². The second kappa shape index (κ2) is 7.93. The van der Waals surface area contributed by atoms with E-state index in [4.69, 9.17) is 14.2 Å². The summed E-state index contributed by atoms with van der Waals surface area (Å²) in [6.07, 6.45) is 1.66. The maximum atomic E-state index is 5.33. The summed E-state index contributed by atoms with van der Waals surface area (Å²) in [5.41, 5.74) is 1.67. The second-order valence-corrected chi connectivity index (χ2v) is 6.07. The maximum absolute atomic E-state index is 5.33. The molecule has 0 saturated heterocycles. The Kier molecular flexibility index (Phi) is 5.02. The molecule has 0 spiro atoms. The van der Waals surface area contributed by atoms with Crippen molar-refractivity contribution >= 4 is 34.2 Å². The van der Waals surface area contributed by atoms with Crippen LogP contribution in [0.5, 0.6) is 17.2 Å². The highest BCUT2D eigenvalue weighted by Gasteiger charge is 2.10. The van der Waals surface area contributed by atoms with Crippen LogP contribution < -0.4 is 24.8 Å². The molecule has 0 fully saturated rings. The normalized spacial score (nSPS) is 10.6. The van der Waals surface area contributed by atoms with Crippen molar-refractivity contribution in [1.29, 1.82) is 0 Å². The van der Waals surface area contributed by atoms with Crippen LogP contribution in [0.4, 0.5) is 23.3 Å². The van der Waals surface area contributed by atoms with Crippen LogP contribution in [0, 0.1) is 0 Å². The molecule has 0 aliphatic carbocycles. The molecule has 4 rings (SSSR count). The molecule has 148 valence electrons. The number of benzene rings is 2.